The number of carbonyl (C=O) groups is 1. The topological polar surface area (TPSA) is 95.7 Å². The van der Waals surface area contributed by atoms with Crippen LogP contribution in [0.3, 0.4) is 0 Å². The SMILES string of the molecule is CNC(=O)c1ccc([N+](=O)[O-])c(N(CCCO)C(C)C)c1. The van der Waals surface area contributed by atoms with Crippen LogP contribution >= 0.6 is 0 Å². The number of aliphatic hydroxyl groups excluding tert-OH is 1. The first-order chi connectivity index (χ1) is 9.92. The van der Waals surface area contributed by atoms with Crippen LogP contribution in [-0.2, 0) is 0 Å². The van der Waals surface area contributed by atoms with Crippen LogP contribution in [0.4, 0.5) is 11.4 Å². The maximum absolute atomic E-state index is 11.7. The molecule has 0 heterocycles. The van der Waals surface area contributed by atoms with E-state index in [2.05, 4.69) is 5.32 Å². The highest BCUT2D eigenvalue weighted by molar-refractivity contribution is 5.95. The summed E-state index contributed by atoms with van der Waals surface area (Å²) in [6.07, 6.45) is 0.500. The van der Waals surface area contributed by atoms with Crippen LogP contribution in [0.2, 0.25) is 0 Å². The third-order valence-corrected chi connectivity index (χ3v) is 3.15. The summed E-state index contributed by atoms with van der Waals surface area (Å²) in [4.78, 5) is 24.3. The number of nitro groups is 1. The average Bonchev–Trinajstić information content (AvgIpc) is 2.46. The summed E-state index contributed by atoms with van der Waals surface area (Å²) in [5, 5.41) is 22.7. The van der Waals surface area contributed by atoms with Gasteiger partial charge in [0.25, 0.3) is 11.6 Å². The largest absolute Gasteiger partial charge is 0.396 e. The number of nitro benzene ring substituents is 1. The van der Waals surface area contributed by atoms with E-state index in [1.165, 1.54) is 25.2 Å². The van der Waals surface area contributed by atoms with Crippen molar-refractivity contribution in [3.05, 3.63) is 33.9 Å². The number of hydrogen-bond donors (Lipinski definition) is 2. The van der Waals surface area contributed by atoms with E-state index < -0.39 is 4.92 Å². The molecular formula is C14H21N3O4. The minimum atomic E-state index is -0.461. The molecule has 0 saturated carbocycles. The van der Waals surface area contributed by atoms with Gasteiger partial charge in [-0.3, -0.25) is 14.9 Å². The van der Waals surface area contributed by atoms with Gasteiger partial charge in [-0.05, 0) is 32.4 Å². The zero-order valence-corrected chi connectivity index (χ0v) is 12.5. The molecule has 1 aromatic carbocycles. The van der Waals surface area contributed by atoms with Crippen molar-refractivity contribution in [1.29, 1.82) is 0 Å². The first kappa shape index (κ1) is 16.9. The fraction of sp³-hybridized carbons (Fsp3) is 0.500. The molecule has 0 aliphatic rings. The number of amides is 1. The van der Waals surface area contributed by atoms with E-state index in [-0.39, 0.29) is 24.2 Å². The van der Waals surface area contributed by atoms with Crippen LogP contribution in [0.15, 0.2) is 18.2 Å². The van der Waals surface area contributed by atoms with Crippen LogP contribution in [-0.4, -0.2) is 42.2 Å². The van der Waals surface area contributed by atoms with Crippen molar-refractivity contribution in [3.8, 4) is 0 Å². The number of carbonyl (C=O) groups excluding carboxylic acids is 1. The Balaban J connectivity index is 3.31. The highest BCUT2D eigenvalue weighted by Crippen LogP contribution is 2.31. The lowest BCUT2D eigenvalue weighted by Gasteiger charge is -2.28. The molecule has 1 aromatic rings. The first-order valence-electron chi connectivity index (χ1n) is 6.80. The van der Waals surface area contributed by atoms with Crippen LogP contribution in [0, 0.1) is 10.1 Å². The summed E-state index contributed by atoms with van der Waals surface area (Å²) in [5.74, 6) is -0.294. The van der Waals surface area contributed by atoms with Crippen LogP contribution in [0.25, 0.3) is 0 Å². The van der Waals surface area contributed by atoms with Gasteiger partial charge in [-0.25, -0.2) is 0 Å². The zero-order chi connectivity index (χ0) is 16.0. The summed E-state index contributed by atoms with van der Waals surface area (Å²) >= 11 is 0. The van der Waals surface area contributed by atoms with Gasteiger partial charge in [0.15, 0.2) is 0 Å². The second-order valence-corrected chi connectivity index (χ2v) is 4.90. The smallest absolute Gasteiger partial charge is 0.292 e. The second kappa shape index (κ2) is 7.58. The fourth-order valence-electron chi connectivity index (χ4n) is 2.09. The standard InChI is InChI=1S/C14H21N3O4/c1-10(2)16(7-4-8-18)13-9-11(14(19)15-3)5-6-12(13)17(20)21/h5-6,9-10,18H,4,7-8H2,1-3H3,(H,15,19). The fourth-order valence-corrected chi connectivity index (χ4v) is 2.09. The lowest BCUT2D eigenvalue weighted by atomic mass is 10.1. The third kappa shape index (κ3) is 4.16. The van der Waals surface area contributed by atoms with Crippen molar-refractivity contribution in [2.75, 3.05) is 25.1 Å². The maximum Gasteiger partial charge on any atom is 0.292 e. The minimum absolute atomic E-state index is 0.00611. The van der Waals surface area contributed by atoms with Gasteiger partial charge in [0, 0.05) is 37.9 Å². The molecule has 0 fully saturated rings. The molecule has 0 aromatic heterocycles. The number of rotatable bonds is 7. The van der Waals surface area contributed by atoms with Gasteiger partial charge in [-0.2, -0.15) is 0 Å². The Bertz CT molecular complexity index is 517. The van der Waals surface area contributed by atoms with Crippen molar-refractivity contribution in [1.82, 2.24) is 5.32 Å². The number of nitrogens with zero attached hydrogens (tertiary/aromatic N) is 2. The maximum atomic E-state index is 11.7. The number of anilines is 1. The molecule has 1 rings (SSSR count). The number of nitrogens with one attached hydrogen (secondary N) is 1. The Labute approximate surface area is 123 Å². The Kier molecular flexibility index (Phi) is 6.10. The lowest BCUT2D eigenvalue weighted by Crippen LogP contribution is -2.33. The summed E-state index contributed by atoms with van der Waals surface area (Å²) in [7, 11) is 1.51. The van der Waals surface area contributed by atoms with E-state index in [1.54, 1.807) is 0 Å². The van der Waals surface area contributed by atoms with Crippen molar-refractivity contribution in [2.45, 2.75) is 26.3 Å². The van der Waals surface area contributed by atoms with Crippen LogP contribution < -0.4 is 10.2 Å². The van der Waals surface area contributed by atoms with E-state index in [9.17, 15) is 14.9 Å². The van der Waals surface area contributed by atoms with E-state index in [0.717, 1.165) is 0 Å². The predicted octanol–water partition coefficient (Wildman–Crippen LogP) is 1.55. The van der Waals surface area contributed by atoms with E-state index in [1.807, 2.05) is 18.7 Å². The molecule has 0 aliphatic carbocycles. The highest BCUT2D eigenvalue weighted by atomic mass is 16.6. The molecule has 0 atom stereocenters. The Hall–Kier alpha value is -2.15. The summed E-state index contributed by atoms with van der Waals surface area (Å²) in [6, 6.07) is 4.31. The van der Waals surface area contributed by atoms with Gasteiger partial charge in [0.2, 0.25) is 0 Å². The molecule has 7 nitrogen and oxygen atoms in total. The molecular weight excluding hydrogens is 274 g/mol. The Morgan fingerprint density at radius 2 is 2.14 bits per heavy atom. The minimum Gasteiger partial charge on any atom is -0.396 e. The summed E-state index contributed by atoms with van der Waals surface area (Å²) in [5.41, 5.74) is 0.714. The Morgan fingerprint density at radius 1 is 1.48 bits per heavy atom. The van der Waals surface area contributed by atoms with E-state index in [0.29, 0.717) is 24.2 Å². The van der Waals surface area contributed by atoms with E-state index >= 15 is 0 Å². The van der Waals surface area contributed by atoms with Gasteiger partial charge in [0.05, 0.1) is 4.92 Å². The molecule has 0 saturated heterocycles. The molecule has 21 heavy (non-hydrogen) atoms. The molecule has 7 heteroatoms. The molecule has 0 radical (unpaired) electrons. The van der Waals surface area contributed by atoms with Gasteiger partial charge in [0.1, 0.15) is 5.69 Å². The van der Waals surface area contributed by atoms with Crippen molar-refractivity contribution >= 4 is 17.3 Å². The summed E-state index contributed by atoms with van der Waals surface area (Å²) < 4.78 is 0. The first-order valence-corrected chi connectivity index (χ1v) is 6.80. The van der Waals surface area contributed by atoms with Crippen LogP contribution in [0.5, 0.6) is 0 Å². The Morgan fingerprint density at radius 3 is 2.62 bits per heavy atom. The average molecular weight is 295 g/mol. The highest BCUT2D eigenvalue weighted by Gasteiger charge is 2.23. The molecule has 2 N–H and O–H groups in total. The zero-order valence-electron chi connectivity index (χ0n) is 12.5. The van der Waals surface area contributed by atoms with Gasteiger partial charge >= 0.3 is 0 Å². The molecule has 0 unspecified atom stereocenters. The normalized spacial score (nSPS) is 10.5. The lowest BCUT2D eigenvalue weighted by molar-refractivity contribution is -0.384. The molecule has 0 spiro atoms. The predicted molar refractivity (Wildman–Crippen MR) is 80.7 cm³/mol. The second-order valence-electron chi connectivity index (χ2n) is 4.90. The van der Waals surface area contributed by atoms with E-state index in [4.69, 9.17) is 5.11 Å². The van der Waals surface area contributed by atoms with Gasteiger partial charge < -0.3 is 15.3 Å². The molecule has 0 bridgehead atoms. The quantitative estimate of drug-likeness (QED) is 0.588. The number of aliphatic hydroxyl groups is 1. The molecule has 0 aliphatic heterocycles. The third-order valence-electron chi connectivity index (χ3n) is 3.15. The summed E-state index contributed by atoms with van der Waals surface area (Å²) in [6.45, 7) is 4.31. The number of benzene rings is 1. The van der Waals surface area contributed by atoms with Crippen molar-refractivity contribution in [2.24, 2.45) is 0 Å². The monoisotopic (exact) mass is 295 g/mol. The van der Waals surface area contributed by atoms with Gasteiger partial charge in [-0.1, -0.05) is 0 Å². The van der Waals surface area contributed by atoms with Crippen LogP contribution in [0.1, 0.15) is 30.6 Å². The molecule has 1 amide bonds. The van der Waals surface area contributed by atoms with Crippen molar-refractivity contribution in [3.63, 3.8) is 0 Å². The molecule has 116 valence electrons. The van der Waals surface area contributed by atoms with Gasteiger partial charge in [-0.15, -0.1) is 0 Å². The number of hydrogen-bond acceptors (Lipinski definition) is 5. The van der Waals surface area contributed by atoms with Crippen molar-refractivity contribution < 1.29 is 14.8 Å².